The zero-order valence-corrected chi connectivity index (χ0v) is 12.1. The van der Waals surface area contributed by atoms with E-state index in [9.17, 15) is 0 Å². The van der Waals surface area contributed by atoms with E-state index in [1.807, 2.05) is 0 Å². The summed E-state index contributed by atoms with van der Waals surface area (Å²) in [4.78, 5) is 0. The molecule has 2 heteroatoms. The molecule has 0 aliphatic heterocycles. The molecule has 0 aliphatic carbocycles. The van der Waals surface area contributed by atoms with Crippen molar-refractivity contribution in [2.75, 3.05) is 0 Å². The van der Waals surface area contributed by atoms with Crippen LogP contribution in [0.25, 0.3) is 0 Å². The van der Waals surface area contributed by atoms with Crippen molar-refractivity contribution in [3.8, 4) is 0 Å². The number of aromatic nitrogens is 1. The molecule has 0 saturated heterocycles. The van der Waals surface area contributed by atoms with Crippen molar-refractivity contribution in [3.63, 3.8) is 0 Å². The zero-order chi connectivity index (χ0) is 13.7. The third kappa shape index (κ3) is 4.25. The van der Waals surface area contributed by atoms with Crippen molar-refractivity contribution in [2.24, 2.45) is 13.0 Å². The van der Waals surface area contributed by atoms with Gasteiger partial charge < -0.3 is 9.88 Å². The Morgan fingerprint density at radius 2 is 1.84 bits per heavy atom. The van der Waals surface area contributed by atoms with Crippen LogP contribution in [0, 0.1) is 5.92 Å². The van der Waals surface area contributed by atoms with E-state index in [-0.39, 0.29) is 0 Å². The Labute approximate surface area is 116 Å². The van der Waals surface area contributed by atoms with Crippen molar-refractivity contribution in [3.05, 3.63) is 59.9 Å². The average Bonchev–Trinajstić information content (AvgIpc) is 2.81. The summed E-state index contributed by atoms with van der Waals surface area (Å²) in [7, 11) is 2.06. The van der Waals surface area contributed by atoms with E-state index in [4.69, 9.17) is 0 Å². The molecule has 0 aliphatic rings. The lowest BCUT2D eigenvalue weighted by molar-refractivity contribution is 0.428. The third-order valence-electron chi connectivity index (χ3n) is 3.35. The van der Waals surface area contributed by atoms with Gasteiger partial charge in [-0.3, -0.25) is 0 Å². The van der Waals surface area contributed by atoms with E-state index in [2.05, 4.69) is 79.6 Å². The second-order valence-electron chi connectivity index (χ2n) is 5.66. The van der Waals surface area contributed by atoms with Gasteiger partial charge in [0, 0.05) is 32.0 Å². The Balaban J connectivity index is 2.02. The van der Waals surface area contributed by atoms with Crippen LogP contribution in [0.1, 0.15) is 37.4 Å². The minimum Gasteiger partial charge on any atom is -0.357 e. The summed E-state index contributed by atoms with van der Waals surface area (Å²) in [6, 6.07) is 13.3. The first-order valence-electron chi connectivity index (χ1n) is 7.04. The molecule has 1 unspecified atom stereocenters. The first-order chi connectivity index (χ1) is 9.15. The molecule has 0 radical (unpaired) electrons. The molecular weight excluding hydrogens is 232 g/mol. The van der Waals surface area contributed by atoms with Gasteiger partial charge in [0.1, 0.15) is 0 Å². The topological polar surface area (TPSA) is 17.0 Å². The lowest BCUT2D eigenvalue weighted by atomic mass is 9.97. The van der Waals surface area contributed by atoms with E-state index in [0.717, 1.165) is 13.0 Å². The molecule has 19 heavy (non-hydrogen) atoms. The Kier molecular flexibility index (Phi) is 4.80. The highest BCUT2D eigenvalue weighted by Crippen LogP contribution is 2.21. The van der Waals surface area contributed by atoms with Crippen LogP contribution in [-0.4, -0.2) is 4.57 Å². The van der Waals surface area contributed by atoms with Gasteiger partial charge in [-0.15, -0.1) is 0 Å². The second kappa shape index (κ2) is 6.58. The minimum atomic E-state index is 0.432. The van der Waals surface area contributed by atoms with Crippen molar-refractivity contribution in [1.82, 2.24) is 9.88 Å². The lowest BCUT2D eigenvalue weighted by Gasteiger charge is -2.21. The van der Waals surface area contributed by atoms with Gasteiger partial charge in [0.2, 0.25) is 0 Å². The molecular formula is C17H24N2. The summed E-state index contributed by atoms with van der Waals surface area (Å²) in [6.45, 7) is 5.48. The maximum Gasteiger partial charge on any atom is 0.0325 e. The fourth-order valence-corrected chi connectivity index (χ4v) is 2.40. The monoisotopic (exact) mass is 256 g/mol. The second-order valence-corrected chi connectivity index (χ2v) is 5.66. The highest BCUT2D eigenvalue weighted by atomic mass is 14.9. The molecule has 2 rings (SSSR count). The van der Waals surface area contributed by atoms with Gasteiger partial charge in [-0.2, -0.15) is 0 Å². The van der Waals surface area contributed by atoms with Crippen molar-refractivity contribution in [2.45, 2.75) is 32.9 Å². The largest absolute Gasteiger partial charge is 0.357 e. The van der Waals surface area contributed by atoms with Crippen molar-refractivity contribution in [1.29, 1.82) is 0 Å². The maximum atomic E-state index is 3.68. The first kappa shape index (κ1) is 13.9. The standard InChI is InChI=1S/C17H24N2/c1-14(2)11-17(16-7-5-4-6-8-16)18-12-15-9-10-19(3)13-15/h4-10,13-14,17-18H,11-12H2,1-3H3. The van der Waals surface area contributed by atoms with Crippen LogP contribution >= 0.6 is 0 Å². The Bertz CT molecular complexity index is 485. The fraction of sp³-hybridized carbons (Fsp3) is 0.412. The molecule has 1 N–H and O–H groups in total. The van der Waals surface area contributed by atoms with Crippen LogP contribution in [0.15, 0.2) is 48.8 Å². The fourth-order valence-electron chi connectivity index (χ4n) is 2.40. The van der Waals surface area contributed by atoms with Crippen LogP contribution < -0.4 is 5.32 Å². The molecule has 1 atom stereocenters. The van der Waals surface area contributed by atoms with Crippen LogP contribution in [0.2, 0.25) is 0 Å². The van der Waals surface area contributed by atoms with Crippen LogP contribution in [0.5, 0.6) is 0 Å². The number of benzene rings is 1. The zero-order valence-electron chi connectivity index (χ0n) is 12.1. The Morgan fingerprint density at radius 1 is 1.11 bits per heavy atom. The summed E-state index contributed by atoms with van der Waals surface area (Å²) in [6.07, 6.45) is 5.43. The van der Waals surface area contributed by atoms with Gasteiger partial charge in [-0.05, 0) is 29.5 Å². The van der Waals surface area contributed by atoms with Gasteiger partial charge >= 0.3 is 0 Å². The highest BCUT2D eigenvalue weighted by molar-refractivity contribution is 5.19. The molecule has 102 valence electrons. The Hall–Kier alpha value is -1.54. The van der Waals surface area contributed by atoms with Gasteiger partial charge in [0.25, 0.3) is 0 Å². The van der Waals surface area contributed by atoms with Gasteiger partial charge in [-0.25, -0.2) is 0 Å². The molecule has 1 aromatic carbocycles. The normalized spacial score (nSPS) is 12.8. The summed E-state index contributed by atoms with van der Waals surface area (Å²) < 4.78 is 2.09. The Morgan fingerprint density at radius 3 is 2.42 bits per heavy atom. The minimum absolute atomic E-state index is 0.432. The van der Waals surface area contributed by atoms with Crippen LogP contribution in [0.3, 0.4) is 0 Å². The summed E-state index contributed by atoms with van der Waals surface area (Å²) in [5.41, 5.74) is 2.72. The highest BCUT2D eigenvalue weighted by Gasteiger charge is 2.12. The lowest BCUT2D eigenvalue weighted by Crippen LogP contribution is -2.22. The number of nitrogens with zero attached hydrogens (tertiary/aromatic N) is 1. The predicted molar refractivity (Wildman–Crippen MR) is 80.9 cm³/mol. The number of aryl methyl sites for hydroxylation is 1. The predicted octanol–water partition coefficient (Wildman–Crippen LogP) is 3.90. The summed E-state index contributed by atoms with van der Waals surface area (Å²) in [5.74, 6) is 0.688. The molecule has 1 aromatic heterocycles. The number of nitrogens with one attached hydrogen (secondary N) is 1. The molecule has 1 heterocycles. The van der Waals surface area contributed by atoms with E-state index in [1.54, 1.807) is 0 Å². The summed E-state index contributed by atoms with van der Waals surface area (Å²) >= 11 is 0. The van der Waals surface area contributed by atoms with E-state index in [1.165, 1.54) is 11.1 Å². The van der Waals surface area contributed by atoms with E-state index < -0.39 is 0 Å². The molecule has 0 saturated carbocycles. The van der Waals surface area contributed by atoms with Crippen LogP contribution in [0.4, 0.5) is 0 Å². The first-order valence-corrected chi connectivity index (χ1v) is 7.04. The van der Waals surface area contributed by atoms with E-state index in [0.29, 0.717) is 12.0 Å². The third-order valence-corrected chi connectivity index (χ3v) is 3.35. The number of rotatable bonds is 6. The molecule has 2 aromatic rings. The quantitative estimate of drug-likeness (QED) is 0.829. The SMILES string of the molecule is CC(C)CC(NCc1ccn(C)c1)c1ccccc1. The summed E-state index contributed by atoms with van der Waals surface area (Å²) in [5, 5.41) is 3.68. The molecule has 0 fully saturated rings. The van der Waals surface area contributed by atoms with Crippen molar-refractivity contribution < 1.29 is 0 Å². The average molecular weight is 256 g/mol. The van der Waals surface area contributed by atoms with Gasteiger partial charge in [0.05, 0.1) is 0 Å². The number of hydrogen-bond acceptors (Lipinski definition) is 1. The number of hydrogen-bond donors (Lipinski definition) is 1. The van der Waals surface area contributed by atoms with Gasteiger partial charge in [-0.1, -0.05) is 44.2 Å². The molecule has 2 nitrogen and oxygen atoms in total. The van der Waals surface area contributed by atoms with Crippen molar-refractivity contribution >= 4 is 0 Å². The maximum absolute atomic E-state index is 3.68. The van der Waals surface area contributed by atoms with E-state index >= 15 is 0 Å². The van der Waals surface area contributed by atoms with Gasteiger partial charge in [0.15, 0.2) is 0 Å². The van der Waals surface area contributed by atoms with Crippen LogP contribution in [-0.2, 0) is 13.6 Å². The molecule has 0 amide bonds. The molecule has 0 bridgehead atoms. The molecule has 0 spiro atoms. The smallest absolute Gasteiger partial charge is 0.0325 e.